The Morgan fingerprint density at radius 3 is 2.59 bits per heavy atom. The van der Waals surface area contributed by atoms with Crippen molar-refractivity contribution < 1.29 is 28.2 Å². The second-order valence-electron chi connectivity index (χ2n) is 6.33. The average Bonchev–Trinajstić information content (AvgIpc) is 2.67. The van der Waals surface area contributed by atoms with E-state index in [2.05, 4.69) is 9.97 Å². The highest BCUT2D eigenvalue weighted by Gasteiger charge is 2.26. The van der Waals surface area contributed by atoms with Crippen molar-refractivity contribution in [2.75, 3.05) is 13.2 Å². The Labute approximate surface area is 167 Å². The maximum Gasteiger partial charge on any atom is 0.324 e. The molecule has 0 aliphatic carbocycles. The van der Waals surface area contributed by atoms with Crippen molar-refractivity contribution in [2.24, 2.45) is 0 Å². The van der Waals surface area contributed by atoms with Gasteiger partial charge in [-0.15, -0.1) is 0 Å². The number of carboxylic acids is 1. The molecule has 1 unspecified atom stereocenters. The first-order chi connectivity index (χ1) is 13.6. The van der Waals surface area contributed by atoms with Crippen molar-refractivity contribution in [2.45, 2.75) is 38.1 Å². The second kappa shape index (κ2) is 9.16. The van der Waals surface area contributed by atoms with Crippen LogP contribution in [0.15, 0.2) is 27.9 Å². The SMILES string of the molecule is CCCOc1ccc(S(=O)(=O)NC(CO)C(=O)O)cc1-c1nc(C)c(C)c(=O)[nH]1. The average molecular weight is 425 g/mol. The van der Waals surface area contributed by atoms with Crippen LogP contribution in [0.1, 0.15) is 24.6 Å². The molecule has 0 fully saturated rings. The summed E-state index contributed by atoms with van der Waals surface area (Å²) < 4.78 is 32.7. The van der Waals surface area contributed by atoms with Crippen LogP contribution in [0.3, 0.4) is 0 Å². The molecular weight excluding hydrogens is 402 g/mol. The topological polar surface area (TPSA) is 159 Å². The molecule has 1 heterocycles. The van der Waals surface area contributed by atoms with Gasteiger partial charge in [-0.3, -0.25) is 9.59 Å². The summed E-state index contributed by atoms with van der Waals surface area (Å²) in [5, 5.41) is 18.1. The van der Waals surface area contributed by atoms with E-state index in [1.165, 1.54) is 18.2 Å². The Hall–Kier alpha value is -2.76. The smallest absolute Gasteiger partial charge is 0.324 e. The van der Waals surface area contributed by atoms with Gasteiger partial charge in [0, 0.05) is 11.3 Å². The van der Waals surface area contributed by atoms with Crippen molar-refractivity contribution in [3.63, 3.8) is 0 Å². The summed E-state index contributed by atoms with van der Waals surface area (Å²) in [4.78, 5) is 29.8. The molecule has 0 radical (unpaired) electrons. The maximum atomic E-state index is 12.6. The van der Waals surface area contributed by atoms with Crippen molar-refractivity contribution in [1.82, 2.24) is 14.7 Å². The van der Waals surface area contributed by atoms with Gasteiger partial charge in [0.1, 0.15) is 17.6 Å². The minimum Gasteiger partial charge on any atom is -0.493 e. The summed E-state index contributed by atoms with van der Waals surface area (Å²) >= 11 is 0. The number of aromatic amines is 1. The molecule has 0 bridgehead atoms. The first-order valence-electron chi connectivity index (χ1n) is 8.81. The number of aliphatic carboxylic acids is 1. The highest BCUT2D eigenvalue weighted by Crippen LogP contribution is 2.30. The van der Waals surface area contributed by atoms with E-state index in [0.717, 1.165) is 0 Å². The number of aliphatic hydroxyl groups is 1. The van der Waals surface area contributed by atoms with E-state index in [1.54, 1.807) is 13.8 Å². The van der Waals surface area contributed by atoms with E-state index < -0.39 is 28.6 Å². The Bertz CT molecular complexity index is 1060. The molecule has 0 amide bonds. The number of rotatable bonds is 9. The number of sulfonamides is 1. The van der Waals surface area contributed by atoms with Crippen LogP contribution in [-0.2, 0) is 14.8 Å². The van der Waals surface area contributed by atoms with Gasteiger partial charge in [-0.1, -0.05) is 6.92 Å². The van der Waals surface area contributed by atoms with Gasteiger partial charge in [-0.05, 0) is 38.5 Å². The number of hydrogen-bond donors (Lipinski definition) is 4. The molecule has 0 aliphatic rings. The number of ether oxygens (including phenoxy) is 1. The highest BCUT2D eigenvalue weighted by molar-refractivity contribution is 7.89. The first-order valence-corrected chi connectivity index (χ1v) is 10.3. The van der Waals surface area contributed by atoms with Crippen molar-refractivity contribution in [3.8, 4) is 17.1 Å². The number of nitrogens with one attached hydrogen (secondary N) is 2. The second-order valence-corrected chi connectivity index (χ2v) is 8.04. The zero-order valence-electron chi connectivity index (χ0n) is 16.2. The monoisotopic (exact) mass is 425 g/mol. The van der Waals surface area contributed by atoms with Crippen molar-refractivity contribution in [3.05, 3.63) is 39.8 Å². The van der Waals surface area contributed by atoms with E-state index >= 15 is 0 Å². The zero-order chi connectivity index (χ0) is 21.8. The van der Waals surface area contributed by atoms with Gasteiger partial charge in [0.2, 0.25) is 10.0 Å². The lowest BCUT2D eigenvalue weighted by atomic mass is 10.1. The van der Waals surface area contributed by atoms with Gasteiger partial charge < -0.3 is 19.9 Å². The van der Waals surface area contributed by atoms with Crippen molar-refractivity contribution >= 4 is 16.0 Å². The molecule has 29 heavy (non-hydrogen) atoms. The molecule has 0 spiro atoms. The molecule has 2 aromatic rings. The molecule has 10 nitrogen and oxygen atoms in total. The van der Waals surface area contributed by atoms with Crippen LogP contribution < -0.4 is 15.0 Å². The Kier molecular flexibility index (Phi) is 7.11. The van der Waals surface area contributed by atoms with Crippen LogP contribution >= 0.6 is 0 Å². The van der Waals surface area contributed by atoms with Crippen LogP contribution in [0.5, 0.6) is 5.75 Å². The fourth-order valence-electron chi connectivity index (χ4n) is 2.39. The lowest BCUT2D eigenvalue weighted by molar-refractivity contribution is -0.139. The quantitative estimate of drug-likeness (QED) is 0.454. The summed E-state index contributed by atoms with van der Waals surface area (Å²) in [6.07, 6.45) is 0.703. The van der Waals surface area contributed by atoms with Gasteiger partial charge in [0.05, 0.1) is 23.7 Å². The third-order valence-corrected chi connectivity index (χ3v) is 5.62. The third-order valence-electron chi connectivity index (χ3n) is 4.15. The first kappa shape index (κ1) is 22.5. The lowest BCUT2D eigenvalue weighted by Crippen LogP contribution is -2.43. The van der Waals surface area contributed by atoms with Crippen LogP contribution in [0.4, 0.5) is 0 Å². The molecular formula is C18H23N3O7S. The number of aryl methyl sites for hydroxylation is 1. The molecule has 1 atom stereocenters. The van der Waals surface area contributed by atoms with Crippen LogP contribution in [-0.4, -0.2) is 53.8 Å². The predicted molar refractivity (Wildman–Crippen MR) is 104 cm³/mol. The van der Waals surface area contributed by atoms with Gasteiger partial charge in [-0.2, -0.15) is 4.72 Å². The van der Waals surface area contributed by atoms with E-state index in [4.69, 9.17) is 14.9 Å². The zero-order valence-corrected chi connectivity index (χ0v) is 17.0. The fourth-order valence-corrected chi connectivity index (χ4v) is 3.60. The molecule has 4 N–H and O–H groups in total. The number of nitrogens with zero attached hydrogens (tertiary/aromatic N) is 1. The molecule has 0 saturated heterocycles. The van der Waals surface area contributed by atoms with Crippen LogP contribution in [0.25, 0.3) is 11.4 Å². The third kappa shape index (κ3) is 5.19. The van der Waals surface area contributed by atoms with Gasteiger partial charge in [0.25, 0.3) is 5.56 Å². The Morgan fingerprint density at radius 1 is 1.34 bits per heavy atom. The summed E-state index contributed by atoms with van der Waals surface area (Å²) in [5.41, 5.74) is 0.772. The number of aromatic nitrogens is 2. The van der Waals surface area contributed by atoms with E-state index in [0.29, 0.717) is 30.0 Å². The molecule has 0 aliphatic heterocycles. The van der Waals surface area contributed by atoms with Crippen molar-refractivity contribution in [1.29, 1.82) is 0 Å². The minimum atomic E-state index is -4.28. The fraction of sp³-hybridized carbons (Fsp3) is 0.389. The highest BCUT2D eigenvalue weighted by atomic mass is 32.2. The summed E-state index contributed by atoms with van der Waals surface area (Å²) in [5.74, 6) is -1.08. The molecule has 11 heteroatoms. The van der Waals surface area contributed by atoms with Crippen LogP contribution in [0.2, 0.25) is 0 Å². The number of aliphatic hydroxyl groups excluding tert-OH is 1. The molecule has 2 rings (SSSR count). The van der Waals surface area contributed by atoms with Gasteiger partial charge >= 0.3 is 5.97 Å². The summed E-state index contributed by atoms with van der Waals surface area (Å²) in [6, 6.07) is 2.19. The maximum absolute atomic E-state index is 12.6. The van der Waals surface area contributed by atoms with Crippen LogP contribution in [0, 0.1) is 13.8 Å². The number of hydrogen-bond acceptors (Lipinski definition) is 7. The number of benzene rings is 1. The lowest BCUT2D eigenvalue weighted by Gasteiger charge is -2.15. The molecule has 1 aromatic carbocycles. The minimum absolute atomic E-state index is 0.123. The van der Waals surface area contributed by atoms with E-state index in [9.17, 15) is 18.0 Å². The summed E-state index contributed by atoms with van der Waals surface area (Å²) in [7, 11) is -4.28. The predicted octanol–water partition coefficient (Wildman–Crippen LogP) is 0.566. The number of carboxylic acid groups (broad SMARTS) is 1. The van der Waals surface area contributed by atoms with E-state index in [-0.39, 0.29) is 21.8 Å². The standard InChI is InChI=1S/C18H23N3O7S/c1-4-7-28-15-6-5-12(29(26,27)21-14(9-22)18(24)25)8-13(15)16-19-11(3)10(2)17(23)20-16/h5-6,8,14,21-22H,4,7,9H2,1-3H3,(H,24,25)(H,19,20,23). The molecule has 158 valence electrons. The van der Waals surface area contributed by atoms with Gasteiger partial charge in [0.15, 0.2) is 0 Å². The Balaban J connectivity index is 2.60. The molecule has 0 saturated carbocycles. The number of H-pyrrole nitrogens is 1. The molecule has 1 aromatic heterocycles. The Morgan fingerprint density at radius 2 is 2.03 bits per heavy atom. The number of carbonyl (C=O) groups is 1. The van der Waals surface area contributed by atoms with Gasteiger partial charge in [-0.25, -0.2) is 13.4 Å². The largest absolute Gasteiger partial charge is 0.493 e. The summed E-state index contributed by atoms with van der Waals surface area (Å²) in [6.45, 7) is 4.62. The van der Waals surface area contributed by atoms with E-state index in [1.807, 2.05) is 11.6 Å². The normalized spacial score (nSPS) is 12.6.